The number of carbonyl (C=O) groups is 2. The maximum Gasteiger partial charge on any atom is 0.289 e. The Labute approximate surface area is 227 Å². The van der Waals surface area contributed by atoms with E-state index in [0.29, 0.717) is 11.3 Å². The average molecular weight is 537 g/mol. The highest BCUT2D eigenvalue weighted by Gasteiger charge is 2.25. The van der Waals surface area contributed by atoms with E-state index in [9.17, 15) is 9.59 Å². The smallest absolute Gasteiger partial charge is 0.289 e. The second-order valence-corrected chi connectivity index (χ2v) is 10.4. The van der Waals surface area contributed by atoms with Crippen LogP contribution in [0.5, 0.6) is 0 Å². The number of likely N-dealkylation sites (tertiary alicyclic amines) is 1. The lowest BCUT2D eigenvalue weighted by molar-refractivity contribution is 0.0844. The van der Waals surface area contributed by atoms with Gasteiger partial charge in [-0.25, -0.2) is 4.98 Å². The van der Waals surface area contributed by atoms with Gasteiger partial charge in [-0.1, -0.05) is 19.1 Å². The van der Waals surface area contributed by atoms with Gasteiger partial charge < -0.3 is 15.1 Å². The Hall–Kier alpha value is -3.50. The molecule has 0 bridgehead atoms. The second-order valence-electron chi connectivity index (χ2n) is 9.16. The van der Waals surface area contributed by atoms with Crippen LogP contribution in [-0.4, -0.2) is 54.0 Å². The van der Waals surface area contributed by atoms with Gasteiger partial charge in [0.1, 0.15) is 5.69 Å². The molecule has 0 radical (unpaired) electrons. The number of amides is 2. The van der Waals surface area contributed by atoms with E-state index in [1.54, 1.807) is 17.5 Å². The quantitative estimate of drug-likeness (QED) is 0.317. The highest BCUT2D eigenvalue weighted by atomic mass is 32.1. The molecule has 0 aliphatic carbocycles. The van der Waals surface area contributed by atoms with E-state index in [1.165, 1.54) is 11.3 Å². The number of carbonyl (C=O) groups excluding carboxylic acids is 2. The largest absolute Gasteiger partial charge is 0.378 e. The summed E-state index contributed by atoms with van der Waals surface area (Å²) in [6.45, 7) is 3.69. The van der Waals surface area contributed by atoms with Crippen molar-refractivity contribution in [3.63, 3.8) is 0 Å². The summed E-state index contributed by atoms with van der Waals surface area (Å²) >= 11 is 7.12. The molecule has 37 heavy (non-hydrogen) atoms. The summed E-state index contributed by atoms with van der Waals surface area (Å²) < 4.78 is 0. The van der Waals surface area contributed by atoms with Gasteiger partial charge in [-0.15, -0.1) is 11.3 Å². The Kier molecular flexibility index (Phi) is 8.73. The Morgan fingerprint density at radius 2 is 1.68 bits per heavy atom. The summed E-state index contributed by atoms with van der Waals surface area (Å²) in [5.41, 5.74) is 8.98. The van der Waals surface area contributed by atoms with E-state index in [0.717, 1.165) is 59.4 Å². The maximum absolute atomic E-state index is 12.5. The zero-order chi connectivity index (χ0) is 26.4. The number of nitrogens with zero attached hydrogens (tertiary/aromatic N) is 3. The van der Waals surface area contributed by atoms with Crippen molar-refractivity contribution < 1.29 is 9.59 Å². The van der Waals surface area contributed by atoms with Gasteiger partial charge >= 0.3 is 0 Å². The molecular weight excluding hydrogens is 504 g/mol. The van der Waals surface area contributed by atoms with E-state index in [2.05, 4.69) is 50.0 Å². The molecule has 0 spiro atoms. The fraction of sp³-hybridized carbons (Fsp3) is 0.333. The molecule has 2 amide bonds. The molecule has 8 nitrogen and oxygen atoms in total. The average Bonchev–Trinajstić information content (AvgIpc) is 3.42. The van der Waals surface area contributed by atoms with Crippen molar-refractivity contribution in [3.8, 4) is 0 Å². The number of thiazole rings is 1. The van der Waals surface area contributed by atoms with Gasteiger partial charge in [-0.3, -0.25) is 20.4 Å². The SMILES string of the molecule is CCc1ccc(C(=O)NNC(=O)c2csc(C3CCN(C(=S)Nc4ccc(N(C)C)cc4)CC3)n2)cc1. The molecular formula is C27H32N6O2S2. The summed E-state index contributed by atoms with van der Waals surface area (Å²) in [6.07, 6.45) is 2.71. The van der Waals surface area contributed by atoms with Crippen LogP contribution in [0.4, 0.5) is 11.4 Å². The first-order valence-electron chi connectivity index (χ1n) is 12.3. The highest BCUT2D eigenvalue weighted by molar-refractivity contribution is 7.80. The molecule has 3 aromatic rings. The molecule has 194 valence electrons. The lowest BCUT2D eigenvalue weighted by atomic mass is 9.98. The molecule has 3 N–H and O–H groups in total. The third-order valence-electron chi connectivity index (χ3n) is 6.43. The molecule has 0 unspecified atom stereocenters. The maximum atomic E-state index is 12.5. The standard InChI is InChI=1S/C27H32N6O2S2/c1-4-18-5-7-19(8-6-18)24(34)30-31-25(35)23-17-37-26(29-23)20-13-15-33(16-14-20)27(36)28-21-9-11-22(12-10-21)32(2)3/h5-12,17,20H,4,13-16H2,1-3H3,(H,28,36)(H,30,34)(H,31,35). The van der Waals surface area contributed by atoms with E-state index < -0.39 is 5.91 Å². The summed E-state index contributed by atoms with van der Waals surface area (Å²) in [5.74, 6) is -0.516. The summed E-state index contributed by atoms with van der Waals surface area (Å²) in [7, 11) is 4.03. The predicted molar refractivity (Wildman–Crippen MR) is 153 cm³/mol. The molecule has 1 aromatic heterocycles. The first kappa shape index (κ1) is 26.6. The van der Waals surface area contributed by atoms with Crippen LogP contribution >= 0.6 is 23.6 Å². The number of hydrogen-bond acceptors (Lipinski definition) is 6. The number of thiocarbonyl (C=S) groups is 1. The van der Waals surface area contributed by atoms with Crippen LogP contribution in [0.15, 0.2) is 53.9 Å². The van der Waals surface area contributed by atoms with Crippen LogP contribution in [0, 0.1) is 0 Å². The number of aryl methyl sites for hydroxylation is 1. The van der Waals surface area contributed by atoms with Crippen molar-refractivity contribution in [2.75, 3.05) is 37.4 Å². The molecule has 2 aromatic carbocycles. The minimum atomic E-state index is -0.427. The van der Waals surface area contributed by atoms with E-state index in [4.69, 9.17) is 12.2 Å². The van der Waals surface area contributed by atoms with Crippen molar-refractivity contribution in [1.29, 1.82) is 0 Å². The van der Waals surface area contributed by atoms with Crippen LogP contribution in [0.2, 0.25) is 0 Å². The number of benzene rings is 2. The first-order valence-corrected chi connectivity index (χ1v) is 13.6. The van der Waals surface area contributed by atoms with Crippen LogP contribution in [-0.2, 0) is 6.42 Å². The van der Waals surface area contributed by atoms with Gasteiger partial charge in [0.15, 0.2) is 5.11 Å². The van der Waals surface area contributed by atoms with E-state index >= 15 is 0 Å². The molecule has 10 heteroatoms. The Balaban J connectivity index is 1.24. The molecule has 1 aliphatic heterocycles. The molecule has 1 saturated heterocycles. The normalized spacial score (nSPS) is 13.6. The van der Waals surface area contributed by atoms with Crippen LogP contribution in [0.1, 0.15) is 57.1 Å². The van der Waals surface area contributed by atoms with Gasteiger partial charge in [0.2, 0.25) is 0 Å². The molecule has 1 fully saturated rings. The third-order valence-corrected chi connectivity index (χ3v) is 7.80. The van der Waals surface area contributed by atoms with Crippen molar-refractivity contribution in [1.82, 2.24) is 20.7 Å². The summed E-state index contributed by atoms with van der Waals surface area (Å²) in [6, 6.07) is 15.5. The van der Waals surface area contributed by atoms with Crippen molar-refractivity contribution in [3.05, 3.63) is 75.7 Å². The highest BCUT2D eigenvalue weighted by Crippen LogP contribution is 2.30. The number of nitrogens with one attached hydrogen (secondary N) is 3. The van der Waals surface area contributed by atoms with Crippen LogP contribution < -0.4 is 21.1 Å². The number of aromatic nitrogens is 1. The molecule has 1 aliphatic rings. The topological polar surface area (TPSA) is 89.6 Å². The first-order chi connectivity index (χ1) is 17.8. The molecule has 0 atom stereocenters. The van der Waals surface area contributed by atoms with Gasteiger partial charge in [0.25, 0.3) is 11.8 Å². The van der Waals surface area contributed by atoms with Crippen molar-refractivity contribution in [2.45, 2.75) is 32.1 Å². The minimum absolute atomic E-state index is 0.275. The monoisotopic (exact) mass is 536 g/mol. The van der Waals surface area contributed by atoms with Gasteiger partial charge in [-0.05, 0) is 73.4 Å². The molecule has 2 heterocycles. The minimum Gasteiger partial charge on any atom is -0.378 e. The van der Waals surface area contributed by atoms with Crippen LogP contribution in [0.25, 0.3) is 0 Å². The zero-order valence-corrected chi connectivity index (χ0v) is 22.9. The van der Waals surface area contributed by atoms with Gasteiger partial charge in [0.05, 0.1) is 5.01 Å². The molecule has 0 saturated carbocycles. The number of rotatable bonds is 6. The van der Waals surface area contributed by atoms with E-state index in [-0.39, 0.29) is 11.8 Å². The Morgan fingerprint density at radius 1 is 1.03 bits per heavy atom. The van der Waals surface area contributed by atoms with Gasteiger partial charge in [-0.2, -0.15) is 0 Å². The lowest BCUT2D eigenvalue weighted by Gasteiger charge is -2.33. The summed E-state index contributed by atoms with van der Waals surface area (Å²) in [4.78, 5) is 33.6. The van der Waals surface area contributed by atoms with Crippen LogP contribution in [0.3, 0.4) is 0 Å². The number of hydrogen-bond donors (Lipinski definition) is 3. The second kappa shape index (κ2) is 12.2. The van der Waals surface area contributed by atoms with Gasteiger partial charge in [0, 0.05) is 55.4 Å². The lowest BCUT2D eigenvalue weighted by Crippen LogP contribution is -2.41. The fourth-order valence-corrected chi connectivity index (χ4v) is 5.37. The third kappa shape index (κ3) is 6.84. The Bertz CT molecular complexity index is 1230. The number of anilines is 2. The fourth-order valence-electron chi connectivity index (χ4n) is 4.10. The zero-order valence-electron chi connectivity index (χ0n) is 21.3. The summed E-state index contributed by atoms with van der Waals surface area (Å²) in [5, 5.41) is 6.72. The van der Waals surface area contributed by atoms with Crippen molar-refractivity contribution >= 4 is 51.9 Å². The van der Waals surface area contributed by atoms with E-state index in [1.807, 2.05) is 38.4 Å². The number of hydrazine groups is 1. The predicted octanol–water partition coefficient (Wildman–Crippen LogP) is 4.42. The van der Waals surface area contributed by atoms with Crippen molar-refractivity contribution in [2.24, 2.45) is 0 Å². The molecule has 4 rings (SSSR count). The number of piperidine rings is 1. The Morgan fingerprint density at radius 3 is 2.30 bits per heavy atom.